The summed E-state index contributed by atoms with van der Waals surface area (Å²) in [5, 5.41) is 9.13. The molecule has 0 aliphatic carbocycles. The van der Waals surface area contributed by atoms with Crippen LogP contribution in [-0.4, -0.2) is 24.0 Å². The highest BCUT2D eigenvalue weighted by molar-refractivity contribution is 6.02. The van der Waals surface area contributed by atoms with Gasteiger partial charge in [-0.2, -0.15) is 0 Å². The molecule has 0 unspecified atom stereocenters. The predicted octanol–water partition coefficient (Wildman–Crippen LogP) is 2.73. The zero-order valence-electron chi connectivity index (χ0n) is 11.4. The molecule has 4 nitrogen and oxygen atoms in total. The Kier molecular flexibility index (Phi) is 4.33. The Bertz CT molecular complexity index is 685. The number of hydrogen-bond acceptors (Lipinski definition) is 2. The molecule has 1 N–H and O–H groups in total. The normalized spacial score (nSPS) is 10.2. The molecule has 0 aliphatic heterocycles. The van der Waals surface area contributed by atoms with Crippen LogP contribution < -0.4 is 4.90 Å². The van der Waals surface area contributed by atoms with Gasteiger partial charge in [-0.05, 0) is 29.8 Å². The topological polar surface area (TPSA) is 57.6 Å². The number of amides is 1. The third-order valence-electron chi connectivity index (χ3n) is 3.11. The molecule has 0 aliphatic rings. The van der Waals surface area contributed by atoms with Gasteiger partial charge in [-0.1, -0.05) is 24.3 Å². The lowest BCUT2D eigenvalue weighted by Gasteiger charge is -2.19. The number of hydrogen-bond donors (Lipinski definition) is 1. The Morgan fingerprint density at radius 1 is 1.14 bits per heavy atom. The third-order valence-corrected chi connectivity index (χ3v) is 3.11. The quantitative estimate of drug-likeness (QED) is 0.940. The zero-order chi connectivity index (χ0) is 15.4. The minimum Gasteiger partial charge on any atom is -0.478 e. The summed E-state index contributed by atoms with van der Waals surface area (Å²) in [6.07, 6.45) is 0.00220. The number of halogens is 1. The molecule has 0 atom stereocenters. The maximum atomic E-state index is 13.1. The van der Waals surface area contributed by atoms with Crippen LogP contribution in [0, 0.1) is 5.82 Å². The Labute approximate surface area is 121 Å². The Hall–Kier alpha value is -2.69. The summed E-state index contributed by atoms with van der Waals surface area (Å²) in [4.78, 5) is 24.6. The van der Waals surface area contributed by atoms with E-state index in [1.54, 1.807) is 24.3 Å². The highest BCUT2D eigenvalue weighted by Crippen LogP contribution is 2.20. The molecule has 2 rings (SSSR count). The van der Waals surface area contributed by atoms with Crippen LogP contribution in [0.15, 0.2) is 48.5 Å². The number of anilines is 1. The molecule has 0 radical (unpaired) electrons. The van der Waals surface area contributed by atoms with E-state index in [0.717, 1.165) is 0 Å². The first-order valence-corrected chi connectivity index (χ1v) is 6.32. The number of carbonyl (C=O) groups excluding carboxylic acids is 1. The van der Waals surface area contributed by atoms with Gasteiger partial charge in [0.05, 0.1) is 17.7 Å². The van der Waals surface area contributed by atoms with Gasteiger partial charge in [0.2, 0.25) is 5.91 Å². The lowest BCUT2D eigenvalue weighted by molar-refractivity contribution is -0.117. The van der Waals surface area contributed by atoms with Gasteiger partial charge in [0, 0.05) is 7.05 Å². The summed E-state index contributed by atoms with van der Waals surface area (Å²) in [5.74, 6) is -1.82. The van der Waals surface area contributed by atoms with Crippen molar-refractivity contribution in [3.8, 4) is 0 Å². The van der Waals surface area contributed by atoms with Gasteiger partial charge < -0.3 is 10.0 Å². The molecule has 0 bridgehead atoms. The van der Waals surface area contributed by atoms with Crippen LogP contribution in [-0.2, 0) is 11.2 Å². The van der Waals surface area contributed by atoms with Gasteiger partial charge in [0.15, 0.2) is 0 Å². The van der Waals surface area contributed by atoms with E-state index in [2.05, 4.69) is 0 Å². The number of rotatable bonds is 4. The van der Waals surface area contributed by atoms with Gasteiger partial charge in [-0.25, -0.2) is 9.18 Å². The zero-order valence-corrected chi connectivity index (χ0v) is 11.4. The highest BCUT2D eigenvalue weighted by Gasteiger charge is 2.18. The molecule has 2 aromatic rings. The maximum Gasteiger partial charge on any atom is 0.337 e. The number of benzene rings is 2. The highest BCUT2D eigenvalue weighted by atomic mass is 19.1. The van der Waals surface area contributed by atoms with E-state index >= 15 is 0 Å². The summed E-state index contributed by atoms with van der Waals surface area (Å²) in [7, 11) is 1.50. The van der Waals surface area contributed by atoms with Gasteiger partial charge in [-0.15, -0.1) is 0 Å². The first-order chi connectivity index (χ1) is 9.99. The van der Waals surface area contributed by atoms with E-state index < -0.39 is 11.8 Å². The second-order valence-electron chi connectivity index (χ2n) is 4.58. The molecule has 0 fully saturated rings. The van der Waals surface area contributed by atoms with E-state index in [4.69, 9.17) is 5.11 Å². The first kappa shape index (κ1) is 14.7. The van der Waals surface area contributed by atoms with Crippen molar-refractivity contribution in [1.29, 1.82) is 0 Å². The fourth-order valence-corrected chi connectivity index (χ4v) is 2.02. The standard InChI is InChI=1S/C16H14FNO3/c1-18(14-8-3-2-7-13(14)16(20)21)15(19)10-11-5-4-6-12(17)9-11/h2-9H,10H2,1H3,(H,20,21). The van der Waals surface area contributed by atoms with E-state index in [1.165, 1.54) is 36.2 Å². The van der Waals surface area contributed by atoms with Crippen LogP contribution in [0.3, 0.4) is 0 Å². The molecule has 0 spiro atoms. The average Bonchev–Trinajstić information content (AvgIpc) is 2.46. The average molecular weight is 287 g/mol. The van der Waals surface area contributed by atoms with Crippen molar-refractivity contribution >= 4 is 17.6 Å². The molecule has 0 saturated carbocycles. The fraction of sp³-hybridized carbons (Fsp3) is 0.125. The fourth-order valence-electron chi connectivity index (χ4n) is 2.02. The van der Waals surface area contributed by atoms with Gasteiger partial charge in [0.1, 0.15) is 5.82 Å². The van der Waals surface area contributed by atoms with Gasteiger partial charge >= 0.3 is 5.97 Å². The molecule has 1 amide bonds. The van der Waals surface area contributed by atoms with Gasteiger partial charge in [-0.3, -0.25) is 4.79 Å². The van der Waals surface area contributed by atoms with E-state index in [9.17, 15) is 14.0 Å². The minimum atomic E-state index is -1.10. The number of para-hydroxylation sites is 1. The van der Waals surface area contributed by atoms with Crippen LogP contribution in [0.4, 0.5) is 10.1 Å². The SMILES string of the molecule is CN(C(=O)Cc1cccc(F)c1)c1ccccc1C(=O)O. The van der Waals surface area contributed by atoms with Crippen LogP contribution in [0.5, 0.6) is 0 Å². The monoisotopic (exact) mass is 287 g/mol. The predicted molar refractivity (Wildman–Crippen MR) is 76.9 cm³/mol. The number of nitrogens with zero attached hydrogens (tertiary/aromatic N) is 1. The van der Waals surface area contributed by atoms with Crippen molar-refractivity contribution in [3.63, 3.8) is 0 Å². The summed E-state index contributed by atoms with van der Waals surface area (Å²) in [6.45, 7) is 0. The van der Waals surface area contributed by atoms with Crippen molar-refractivity contribution in [2.75, 3.05) is 11.9 Å². The Balaban J connectivity index is 2.22. The molecule has 2 aromatic carbocycles. The van der Waals surface area contributed by atoms with Crippen LogP contribution in [0.2, 0.25) is 0 Å². The smallest absolute Gasteiger partial charge is 0.337 e. The van der Waals surface area contributed by atoms with E-state index in [0.29, 0.717) is 11.3 Å². The summed E-state index contributed by atoms with van der Waals surface area (Å²) >= 11 is 0. The van der Waals surface area contributed by atoms with Crippen molar-refractivity contribution in [2.24, 2.45) is 0 Å². The van der Waals surface area contributed by atoms with Crippen LogP contribution in [0.25, 0.3) is 0 Å². The largest absolute Gasteiger partial charge is 0.478 e. The molecule has 108 valence electrons. The van der Waals surface area contributed by atoms with E-state index in [-0.39, 0.29) is 17.9 Å². The summed E-state index contributed by atoms with van der Waals surface area (Å²) < 4.78 is 13.1. The number of aromatic carboxylic acids is 1. The molecular weight excluding hydrogens is 273 g/mol. The van der Waals surface area contributed by atoms with Crippen molar-refractivity contribution in [1.82, 2.24) is 0 Å². The number of likely N-dealkylation sites (N-methyl/N-ethyl adjacent to an activating group) is 1. The number of carboxylic acids is 1. The summed E-state index contributed by atoms with van der Waals surface area (Å²) in [5.41, 5.74) is 0.902. The Morgan fingerprint density at radius 3 is 2.52 bits per heavy atom. The molecule has 0 aromatic heterocycles. The second-order valence-corrected chi connectivity index (χ2v) is 4.58. The Morgan fingerprint density at radius 2 is 1.86 bits per heavy atom. The van der Waals surface area contributed by atoms with Crippen LogP contribution >= 0.6 is 0 Å². The minimum absolute atomic E-state index is 0.00220. The summed E-state index contributed by atoms with van der Waals surface area (Å²) in [6, 6.07) is 12.0. The molecule has 0 heterocycles. The maximum absolute atomic E-state index is 13.1. The third kappa shape index (κ3) is 3.45. The lowest BCUT2D eigenvalue weighted by Crippen LogP contribution is -2.29. The van der Waals surface area contributed by atoms with Crippen molar-refractivity contribution in [3.05, 3.63) is 65.5 Å². The number of carboxylic acid groups (broad SMARTS) is 1. The lowest BCUT2D eigenvalue weighted by atomic mass is 10.1. The van der Waals surface area contributed by atoms with Crippen LogP contribution in [0.1, 0.15) is 15.9 Å². The van der Waals surface area contributed by atoms with Crippen molar-refractivity contribution in [2.45, 2.75) is 6.42 Å². The molecule has 21 heavy (non-hydrogen) atoms. The molecule has 5 heteroatoms. The van der Waals surface area contributed by atoms with E-state index in [1.807, 2.05) is 0 Å². The van der Waals surface area contributed by atoms with Crippen molar-refractivity contribution < 1.29 is 19.1 Å². The molecular formula is C16H14FNO3. The number of carbonyl (C=O) groups is 2. The second kappa shape index (κ2) is 6.17. The molecule has 0 saturated heterocycles. The van der Waals surface area contributed by atoms with Gasteiger partial charge in [0.25, 0.3) is 0 Å². The first-order valence-electron chi connectivity index (χ1n) is 6.32.